The summed E-state index contributed by atoms with van der Waals surface area (Å²) in [4.78, 5) is 3.43. The largest absolute Gasteiger partial charge is 0.350 e. The van der Waals surface area contributed by atoms with E-state index >= 15 is 0 Å². The molecule has 21 heavy (non-hydrogen) atoms. The van der Waals surface area contributed by atoms with Crippen molar-refractivity contribution in [3.8, 4) is 11.8 Å². The van der Waals surface area contributed by atoms with Crippen molar-refractivity contribution >= 4 is 22.7 Å². The van der Waals surface area contributed by atoms with Crippen LogP contribution in [0.3, 0.4) is 0 Å². The van der Waals surface area contributed by atoms with Crippen LogP contribution in [0.25, 0.3) is 10.9 Å². The van der Waals surface area contributed by atoms with E-state index in [1.165, 1.54) is 21.5 Å². The molecule has 2 aromatic carbocycles. The van der Waals surface area contributed by atoms with Gasteiger partial charge in [0.2, 0.25) is 0 Å². The molecule has 3 rings (SSSR count). The molecule has 0 saturated heterocycles. The fourth-order valence-electron chi connectivity index (χ4n) is 2.12. The van der Waals surface area contributed by atoms with Crippen molar-refractivity contribution < 1.29 is 0 Å². The van der Waals surface area contributed by atoms with Crippen molar-refractivity contribution in [2.75, 3.05) is 6.54 Å². The Kier molecular flexibility index (Phi) is 4.30. The lowest BCUT2D eigenvalue weighted by atomic mass is 10.1. The van der Waals surface area contributed by atoms with Crippen molar-refractivity contribution in [1.29, 1.82) is 0 Å². The van der Waals surface area contributed by atoms with Gasteiger partial charge in [-0.2, -0.15) is 0 Å². The van der Waals surface area contributed by atoms with Gasteiger partial charge in [-0.05, 0) is 29.8 Å². The maximum atomic E-state index is 5.37. The number of nitrogens with one attached hydrogen (secondary N) is 1. The molecule has 0 radical (unpaired) electrons. The lowest BCUT2D eigenvalue weighted by molar-refractivity contribution is 1.23. The van der Waals surface area contributed by atoms with E-state index < -0.39 is 0 Å². The first-order chi connectivity index (χ1) is 10.3. The van der Waals surface area contributed by atoms with Crippen LogP contribution in [-0.2, 0) is 5.75 Å². The van der Waals surface area contributed by atoms with Crippen LogP contribution in [0.15, 0.2) is 59.6 Å². The van der Waals surface area contributed by atoms with E-state index in [4.69, 9.17) is 5.73 Å². The average Bonchev–Trinajstić information content (AvgIpc) is 2.95. The SMILES string of the molecule is NCC#Cc1ccc(CSc2cc3ccccc3[nH]2)cc1. The van der Waals surface area contributed by atoms with Crippen LogP contribution in [0.2, 0.25) is 0 Å². The number of H-pyrrole nitrogens is 1. The molecule has 0 amide bonds. The van der Waals surface area contributed by atoms with Crippen LogP contribution in [0.1, 0.15) is 11.1 Å². The summed E-state index contributed by atoms with van der Waals surface area (Å²) in [5.41, 5.74) is 8.86. The number of benzene rings is 2. The van der Waals surface area contributed by atoms with Gasteiger partial charge in [0, 0.05) is 22.2 Å². The number of hydrogen-bond donors (Lipinski definition) is 2. The van der Waals surface area contributed by atoms with Gasteiger partial charge < -0.3 is 10.7 Å². The van der Waals surface area contributed by atoms with Crippen molar-refractivity contribution in [2.45, 2.75) is 10.8 Å². The molecule has 0 unspecified atom stereocenters. The Labute approximate surface area is 128 Å². The first-order valence-electron chi connectivity index (χ1n) is 6.83. The van der Waals surface area contributed by atoms with Gasteiger partial charge in [-0.1, -0.05) is 42.2 Å². The maximum absolute atomic E-state index is 5.37. The number of thioether (sulfide) groups is 1. The van der Waals surface area contributed by atoms with Crippen LogP contribution in [0.5, 0.6) is 0 Å². The average molecular weight is 292 g/mol. The van der Waals surface area contributed by atoms with E-state index in [-0.39, 0.29) is 0 Å². The molecule has 1 heterocycles. The number of fused-ring (bicyclic) bond motifs is 1. The molecular formula is C18H16N2S. The molecule has 0 saturated carbocycles. The van der Waals surface area contributed by atoms with E-state index in [0.717, 1.165) is 11.3 Å². The number of nitrogens with two attached hydrogens (primary N) is 1. The highest BCUT2D eigenvalue weighted by Crippen LogP contribution is 2.26. The topological polar surface area (TPSA) is 41.8 Å². The summed E-state index contributed by atoms with van der Waals surface area (Å²) in [5.74, 6) is 6.84. The number of para-hydroxylation sites is 1. The lowest BCUT2D eigenvalue weighted by Crippen LogP contribution is -1.93. The van der Waals surface area contributed by atoms with E-state index in [2.05, 4.69) is 53.2 Å². The summed E-state index contributed by atoms with van der Waals surface area (Å²) < 4.78 is 0. The molecule has 0 atom stereocenters. The molecule has 0 aliphatic heterocycles. The summed E-state index contributed by atoms with van der Waals surface area (Å²) in [5, 5.41) is 2.45. The quantitative estimate of drug-likeness (QED) is 0.570. The summed E-state index contributed by atoms with van der Waals surface area (Å²) >= 11 is 1.81. The first-order valence-corrected chi connectivity index (χ1v) is 7.82. The fraction of sp³-hybridized carbons (Fsp3) is 0.111. The number of aromatic amines is 1. The van der Waals surface area contributed by atoms with Crippen LogP contribution in [0, 0.1) is 11.8 Å². The molecule has 104 valence electrons. The van der Waals surface area contributed by atoms with Gasteiger partial charge in [-0.15, -0.1) is 11.8 Å². The Morgan fingerprint density at radius 2 is 1.86 bits per heavy atom. The molecule has 0 aliphatic rings. The Balaban J connectivity index is 1.66. The van der Waals surface area contributed by atoms with Gasteiger partial charge in [0.05, 0.1) is 11.6 Å². The minimum absolute atomic E-state index is 0.401. The van der Waals surface area contributed by atoms with E-state index in [1.54, 1.807) is 0 Å². The van der Waals surface area contributed by atoms with E-state index in [1.807, 2.05) is 30.0 Å². The van der Waals surface area contributed by atoms with E-state index in [0.29, 0.717) is 6.54 Å². The van der Waals surface area contributed by atoms with Gasteiger partial charge >= 0.3 is 0 Å². The summed E-state index contributed by atoms with van der Waals surface area (Å²) in [7, 11) is 0. The van der Waals surface area contributed by atoms with E-state index in [9.17, 15) is 0 Å². The molecule has 3 N–H and O–H groups in total. The monoisotopic (exact) mass is 292 g/mol. The normalized spacial score (nSPS) is 10.3. The maximum Gasteiger partial charge on any atom is 0.0735 e. The van der Waals surface area contributed by atoms with Gasteiger partial charge in [0.25, 0.3) is 0 Å². The highest BCUT2D eigenvalue weighted by molar-refractivity contribution is 7.98. The van der Waals surface area contributed by atoms with Gasteiger partial charge in [-0.3, -0.25) is 0 Å². The van der Waals surface area contributed by atoms with Gasteiger partial charge in [0.1, 0.15) is 0 Å². The zero-order valence-electron chi connectivity index (χ0n) is 11.6. The van der Waals surface area contributed by atoms with Crippen LogP contribution in [0.4, 0.5) is 0 Å². The standard InChI is InChI=1S/C18H16N2S/c19-11-3-4-14-7-9-15(10-8-14)13-21-18-12-16-5-1-2-6-17(16)20-18/h1-2,5-10,12,20H,11,13,19H2. The molecule has 0 spiro atoms. The highest BCUT2D eigenvalue weighted by Gasteiger charge is 2.01. The molecule has 0 fully saturated rings. The second-order valence-electron chi connectivity index (χ2n) is 4.71. The molecule has 3 aromatic rings. The molecular weight excluding hydrogens is 276 g/mol. The highest BCUT2D eigenvalue weighted by atomic mass is 32.2. The van der Waals surface area contributed by atoms with Crippen molar-refractivity contribution in [1.82, 2.24) is 4.98 Å². The number of hydrogen-bond acceptors (Lipinski definition) is 2. The smallest absolute Gasteiger partial charge is 0.0735 e. The lowest BCUT2D eigenvalue weighted by Gasteiger charge is -2.00. The van der Waals surface area contributed by atoms with Gasteiger partial charge in [0.15, 0.2) is 0 Å². The zero-order chi connectivity index (χ0) is 14.5. The Morgan fingerprint density at radius 3 is 2.62 bits per heavy atom. The van der Waals surface area contributed by atoms with Crippen LogP contribution < -0.4 is 5.73 Å². The fourth-order valence-corrected chi connectivity index (χ4v) is 3.03. The Bertz CT molecular complexity index is 758. The molecule has 1 aromatic heterocycles. The molecule has 0 aliphatic carbocycles. The second kappa shape index (κ2) is 6.53. The minimum atomic E-state index is 0.401. The summed E-state index contributed by atoms with van der Waals surface area (Å²) in [6, 6.07) is 18.9. The number of rotatable bonds is 3. The summed E-state index contributed by atoms with van der Waals surface area (Å²) in [6.45, 7) is 0.401. The third-order valence-electron chi connectivity index (χ3n) is 3.19. The third-order valence-corrected chi connectivity index (χ3v) is 4.20. The summed E-state index contributed by atoms with van der Waals surface area (Å²) in [6.07, 6.45) is 0. The van der Waals surface area contributed by atoms with Crippen molar-refractivity contribution in [3.05, 3.63) is 65.7 Å². The predicted molar refractivity (Wildman–Crippen MR) is 90.2 cm³/mol. The number of aromatic nitrogens is 1. The molecule has 0 bridgehead atoms. The molecule has 3 heteroatoms. The molecule has 2 nitrogen and oxygen atoms in total. The Morgan fingerprint density at radius 1 is 1.05 bits per heavy atom. The Hall–Kier alpha value is -2.15. The van der Waals surface area contributed by atoms with Crippen LogP contribution >= 0.6 is 11.8 Å². The van der Waals surface area contributed by atoms with Gasteiger partial charge in [-0.25, -0.2) is 0 Å². The zero-order valence-corrected chi connectivity index (χ0v) is 12.4. The third kappa shape index (κ3) is 3.49. The minimum Gasteiger partial charge on any atom is -0.350 e. The second-order valence-corrected chi connectivity index (χ2v) is 5.73. The van der Waals surface area contributed by atoms with Crippen molar-refractivity contribution in [3.63, 3.8) is 0 Å². The van der Waals surface area contributed by atoms with Crippen LogP contribution in [-0.4, -0.2) is 11.5 Å². The first kappa shape index (κ1) is 13.8. The van der Waals surface area contributed by atoms with Crippen molar-refractivity contribution in [2.24, 2.45) is 5.73 Å². The predicted octanol–water partition coefficient (Wildman–Crippen LogP) is 3.77.